The number of carbonyl (C=O) groups is 1. The van der Waals surface area contributed by atoms with Gasteiger partial charge in [0.25, 0.3) is 0 Å². The van der Waals surface area contributed by atoms with Crippen LogP contribution >= 0.6 is 0 Å². The summed E-state index contributed by atoms with van der Waals surface area (Å²) < 4.78 is 4.94. The molecule has 1 unspecified atom stereocenters. The van der Waals surface area contributed by atoms with E-state index in [1.807, 2.05) is 30.3 Å². The highest BCUT2D eigenvalue weighted by atomic mass is 16.5. The Kier molecular flexibility index (Phi) is 3.60. The molecule has 0 heterocycles. The zero-order valence-corrected chi connectivity index (χ0v) is 9.69. The maximum atomic E-state index is 11.9. The molecular formula is C14H18O2. The minimum absolute atomic E-state index is 0.0614. The molecule has 0 radical (unpaired) electrons. The van der Waals surface area contributed by atoms with Crippen LogP contribution in [0.15, 0.2) is 30.3 Å². The van der Waals surface area contributed by atoms with Crippen molar-refractivity contribution in [3.8, 4) is 0 Å². The molecule has 2 nitrogen and oxygen atoms in total. The van der Waals surface area contributed by atoms with E-state index in [1.54, 1.807) is 0 Å². The molecule has 0 bridgehead atoms. The van der Waals surface area contributed by atoms with Gasteiger partial charge in [0, 0.05) is 0 Å². The molecule has 0 aliphatic heterocycles. The number of carbonyl (C=O) groups excluding carboxylic acids is 1. The molecule has 1 aromatic rings. The largest absolute Gasteiger partial charge is 0.469 e. The summed E-state index contributed by atoms with van der Waals surface area (Å²) in [7, 11) is 1.48. The van der Waals surface area contributed by atoms with Crippen molar-refractivity contribution < 1.29 is 9.53 Å². The van der Waals surface area contributed by atoms with Crippen LogP contribution < -0.4 is 0 Å². The van der Waals surface area contributed by atoms with E-state index < -0.39 is 0 Å². The van der Waals surface area contributed by atoms with Crippen LogP contribution in [-0.2, 0) is 9.53 Å². The number of hydrogen-bond acceptors (Lipinski definition) is 2. The van der Waals surface area contributed by atoms with Gasteiger partial charge in [-0.05, 0) is 24.3 Å². The fourth-order valence-electron chi connectivity index (χ4n) is 2.68. The second kappa shape index (κ2) is 5.15. The van der Waals surface area contributed by atoms with E-state index in [0.29, 0.717) is 5.92 Å². The highest BCUT2D eigenvalue weighted by molar-refractivity contribution is 5.78. The quantitative estimate of drug-likeness (QED) is 0.728. The summed E-state index contributed by atoms with van der Waals surface area (Å²) in [6.45, 7) is 0. The van der Waals surface area contributed by atoms with E-state index in [-0.39, 0.29) is 11.9 Å². The van der Waals surface area contributed by atoms with Gasteiger partial charge in [0.1, 0.15) is 0 Å². The molecule has 0 amide bonds. The second-order valence-corrected chi connectivity index (χ2v) is 4.46. The monoisotopic (exact) mass is 218 g/mol. The zero-order chi connectivity index (χ0) is 11.4. The Hall–Kier alpha value is -1.31. The van der Waals surface area contributed by atoms with Crippen molar-refractivity contribution >= 4 is 5.97 Å². The highest BCUT2D eigenvalue weighted by Crippen LogP contribution is 2.37. The predicted octanol–water partition coefficient (Wildman–Crippen LogP) is 3.13. The van der Waals surface area contributed by atoms with Crippen LogP contribution in [0, 0.1) is 5.92 Å². The van der Waals surface area contributed by atoms with E-state index >= 15 is 0 Å². The summed E-state index contributed by atoms with van der Waals surface area (Å²) in [6, 6.07) is 10.0. The number of ether oxygens (including phenoxy) is 1. The second-order valence-electron chi connectivity index (χ2n) is 4.46. The van der Waals surface area contributed by atoms with Gasteiger partial charge in [-0.15, -0.1) is 0 Å². The Balaban J connectivity index is 2.24. The predicted molar refractivity (Wildman–Crippen MR) is 63.2 cm³/mol. The van der Waals surface area contributed by atoms with Crippen molar-refractivity contribution in [2.24, 2.45) is 5.92 Å². The maximum Gasteiger partial charge on any atom is 0.313 e. The van der Waals surface area contributed by atoms with Crippen molar-refractivity contribution in [2.75, 3.05) is 7.11 Å². The Bertz CT molecular complexity index is 339. The van der Waals surface area contributed by atoms with Gasteiger partial charge in [-0.2, -0.15) is 0 Å². The number of rotatable bonds is 3. The van der Waals surface area contributed by atoms with Crippen molar-refractivity contribution in [1.82, 2.24) is 0 Å². The van der Waals surface area contributed by atoms with Crippen LogP contribution in [0.4, 0.5) is 0 Å². The third-order valence-corrected chi connectivity index (χ3v) is 3.49. The summed E-state index contributed by atoms with van der Waals surface area (Å²) in [6.07, 6.45) is 4.78. The van der Waals surface area contributed by atoms with Gasteiger partial charge in [0.15, 0.2) is 0 Å². The van der Waals surface area contributed by atoms with Gasteiger partial charge in [0.05, 0.1) is 13.0 Å². The van der Waals surface area contributed by atoms with Crippen LogP contribution in [0.5, 0.6) is 0 Å². The zero-order valence-electron chi connectivity index (χ0n) is 9.69. The molecule has 1 atom stereocenters. The Labute approximate surface area is 96.6 Å². The fraction of sp³-hybridized carbons (Fsp3) is 0.500. The van der Waals surface area contributed by atoms with E-state index in [0.717, 1.165) is 18.4 Å². The molecule has 0 saturated heterocycles. The van der Waals surface area contributed by atoms with E-state index in [2.05, 4.69) is 0 Å². The standard InChI is InChI=1S/C14H18O2/c1-16-14(15)13(12-9-5-6-10-12)11-7-3-2-4-8-11/h2-4,7-8,12-13H,5-6,9-10H2,1H3. The first-order chi connectivity index (χ1) is 7.83. The summed E-state index contributed by atoms with van der Waals surface area (Å²) in [5, 5.41) is 0. The molecule has 1 fully saturated rings. The molecule has 1 aliphatic rings. The van der Waals surface area contributed by atoms with Gasteiger partial charge in [-0.25, -0.2) is 0 Å². The average molecular weight is 218 g/mol. The van der Waals surface area contributed by atoms with Gasteiger partial charge in [-0.3, -0.25) is 4.79 Å². The molecule has 2 heteroatoms. The number of esters is 1. The smallest absolute Gasteiger partial charge is 0.313 e. The SMILES string of the molecule is COC(=O)C(c1ccccc1)C1CCCC1. The van der Waals surface area contributed by atoms with E-state index in [4.69, 9.17) is 4.74 Å². The summed E-state index contributed by atoms with van der Waals surface area (Å²) in [5.74, 6) is 0.321. The topological polar surface area (TPSA) is 26.3 Å². The lowest BCUT2D eigenvalue weighted by Gasteiger charge is -2.21. The van der Waals surface area contributed by atoms with Crippen LogP contribution in [0.3, 0.4) is 0 Å². The van der Waals surface area contributed by atoms with E-state index in [1.165, 1.54) is 20.0 Å². The van der Waals surface area contributed by atoms with Gasteiger partial charge in [0.2, 0.25) is 0 Å². The first-order valence-electron chi connectivity index (χ1n) is 5.95. The van der Waals surface area contributed by atoms with Gasteiger partial charge < -0.3 is 4.74 Å². The molecular weight excluding hydrogens is 200 g/mol. The Morgan fingerprint density at radius 3 is 2.44 bits per heavy atom. The lowest BCUT2D eigenvalue weighted by molar-refractivity contribution is -0.143. The average Bonchev–Trinajstić information content (AvgIpc) is 2.84. The number of methoxy groups -OCH3 is 1. The molecule has 1 saturated carbocycles. The van der Waals surface area contributed by atoms with Crippen molar-refractivity contribution in [1.29, 1.82) is 0 Å². The van der Waals surface area contributed by atoms with Crippen LogP contribution in [0.1, 0.15) is 37.2 Å². The third-order valence-electron chi connectivity index (χ3n) is 3.49. The molecule has 1 aliphatic carbocycles. The van der Waals surface area contributed by atoms with Crippen molar-refractivity contribution in [2.45, 2.75) is 31.6 Å². The summed E-state index contributed by atoms with van der Waals surface area (Å²) in [5.41, 5.74) is 1.10. The first kappa shape index (κ1) is 11.2. The molecule has 0 aromatic heterocycles. The first-order valence-corrected chi connectivity index (χ1v) is 5.95. The molecule has 0 spiro atoms. The van der Waals surface area contributed by atoms with Gasteiger partial charge in [-0.1, -0.05) is 43.2 Å². The molecule has 86 valence electrons. The molecule has 1 aromatic carbocycles. The fourth-order valence-corrected chi connectivity index (χ4v) is 2.68. The maximum absolute atomic E-state index is 11.9. The normalized spacial score (nSPS) is 18.3. The van der Waals surface area contributed by atoms with Crippen LogP contribution in [0.2, 0.25) is 0 Å². The molecule has 2 rings (SSSR count). The Morgan fingerprint density at radius 1 is 1.25 bits per heavy atom. The van der Waals surface area contributed by atoms with Crippen LogP contribution in [-0.4, -0.2) is 13.1 Å². The minimum atomic E-state index is -0.0851. The van der Waals surface area contributed by atoms with Gasteiger partial charge >= 0.3 is 5.97 Å². The number of benzene rings is 1. The van der Waals surface area contributed by atoms with Crippen molar-refractivity contribution in [3.05, 3.63) is 35.9 Å². The summed E-state index contributed by atoms with van der Waals surface area (Å²) >= 11 is 0. The lowest BCUT2D eigenvalue weighted by Crippen LogP contribution is -2.21. The Morgan fingerprint density at radius 2 is 1.88 bits per heavy atom. The van der Waals surface area contributed by atoms with E-state index in [9.17, 15) is 4.79 Å². The molecule has 0 N–H and O–H groups in total. The van der Waals surface area contributed by atoms with Crippen LogP contribution in [0.25, 0.3) is 0 Å². The highest BCUT2D eigenvalue weighted by Gasteiger charge is 2.32. The lowest BCUT2D eigenvalue weighted by atomic mass is 9.85. The number of hydrogen-bond donors (Lipinski definition) is 0. The van der Waals surface area contributed by atoms with Crippen molar-refractivity contribution in [3.63, 3.8) is 0 Å². The molecule has 16 heavy (non-hydrogen) atoms. The third kappa shape index (κ3) is 2.26. The minimum Gasteiger partial charge on any atom is -0.469 e. The summed E-state index contributed by atoms with van der Waals surface area (Å²) in [4.78, 5) is 11.9.